The fraction of sp³-hybridized carbons (Fsp3) is 0.158. The van der Waals surface area contributed by atoms with Crippen molar-refractivity contribution in [2.45, 2.75) is 0 Å². The summed E-state index contributed by atoms with van der Waals surface area (Å²) in [6, 6.07) is 7.88. The van der Waals surface area contributed by atoms with Crippen LogP contribution in [0, 0.1) is 11.6 Å². The number of amides is 1. The normalized spacial score (nSPS) is 10.8. The van der Waals surface area contributed by atoms with Crippen LogP contribution in [0.4, 0.5) is 14.5 Å². The number of benzene rings is 2. The molecule has 0 aliphatic rings. The highest BCUT2D eigenvalue weighted by atomic mass is 35.5. The lowest BCUT2D eigenvalue weighted by Gasteiger charge is -2.14. The van der Waals surface area contributed by atoms with Crippen molar-refractivity contribution in [1.29, 1.82) is 0 Å². The van der Waals surface area contributed by atoms with E-state index in [1.54, 1.807) is 29.9 Å². The van der Waals surface area contributed by atoms with Gasteiger partial charge in [-0.15, -0.1) is 0 Å². The molecular formula is C19H17ClF2N4O2. The Balaban J connectivity index is 1.95. The smallest absolute Gasteiger partial charge is 0.255 e. The maximum atomic E-state index is 13.4. The number of halogens is 3. The molecule has 146 valence electrons. The third kappa shape index (κ3) is 4.13. The molecule has 0 bridgehead atoms. The van der Waals surface area contributed by atoms with Crippen LogP contribution in [0.1, 0.15) is 10.4 Å². The Morgan fingerprint density at radius 3 is 2.68 bits per heavy atom. The van der Waals surface area contributed by atoms with Crippen LogP contribution >= 0.6 is 11.6 Å². The molecule has 0 radical (unpaired) electrons. The minimum Gasteiger partial charge on any atom is -0.492 e. The van der Waals surface area contributed by atoms with E-state index in [2.05, 4.69) is 10.4 Å². The van der Waals surface area contributed by atoms with Gasteiger partial charge in [-0.25, -0.2) is 8.78 Å². The predicted molar refractivity (Wildman–Crippen MR) is 103 cm³/mol. The first-order valence-electron chi connectivity index (χ1n) is 8.32. The lowest BCUT2D eigenvalue weighted by molar-refractivity contribution is 0.102. The Labute approximate surface area is 164 Å². The van der Waals surface area contributed by atoms with Crippen molar-refractivity contribution in [3.63, 3.8) is 0 Å². The molecule has 0 atom stereocenters. The largest absolute Gasteiger partial charge is 0.492 e. The molecule has 0 saturated heterocycles. The quantitative estimate of drug-likeness (QED) is 0.655. The van der Waals surface area contributed by atoms with Gasteiger partial charge < -0.3 is 15.8 Å². The number of ether oxygens (including phenoxy) is 1. The van der Waals surface area contributed by atoms with E-state index in [-0.39, 0.29) is 5.56 Å². The third-order valence-corrected chi connectivity index (χ3v) is 4.22. The summed E-state index contributed by atoms with van der Waals surface area (Å²) in [5, 5.41) is 7.17. The Bertz CT molecular complexity index is 1000. The lowest BCUT2D eigenvalue weighted by atomic mass is 10.1. The van der Waals surface area contributed by atoms with Gasteiger partial charge in [-0.3, -0.25) is 9.48 Å². The molecule has 0 aliphatic carbocycles. The van der Waals surface area contributed by atoms with Crippen LogP contribution in [0.3, 0.4) is 0 Å². The lowest BCUT2D eigenvalue weighted by Crippen LogP contribution is -2.13. The second-order valence-electron chi connectivity index (χ2n) is 5.90. The van der Waals surface area contributed by atoms with Crippen LogP contribution in [0.5, 0.6) is 5.75 Å². The molecule has 0 unspecified atom stereocenters. The van der Waals surface area contributed by atoms with E-state index in [4.69, 9.17) is 22.1 Å². The van der Waals surface area contributed by atoms with Gasteiger partial charge in [0.1, 0.15) is 12.4 Å². The predicted octanol–water partition coefficient (Wildman–Crippen LogP) is 3.61. The van der Waals surface area contributed by atoms with Crippen molar-refractivity contribution in [2.75, 3.05) is 18.5 Å². The topological polar surface area (TPSA) is 82.2 Å². The number of carbonyl (C=O) groups excluding carboxylic acids is 1. The highest BCUT2D eigenvalue weighted by molar-refractivity contribution is 6.33. The molecule has 0 saturated carbocycles. The van der Waals surface area contributed by atoms with Gasteiger partial charge in [-0.05, 0) is 36.4 Å². The van der Waals surface area contributed by atoms with Crippen LogP contribution in [-0.2, 0) is 7.05 Å². The zero-order chi connectivity index (χ0) is 20.3. The number of nitrogens with two attached hydrogens (primary N) is 1. The molecule has 6 nitrogen and oxygen atoms in total. The molecule has 0 aliphatic heterocycles. The number of aromatic nitrogens is 2. The van der Waals surface area contributed by atoms with Gasteiger partial charge in [0.2, 0.25) is 0 Å². The van der Waals surface area contributed by atoms with E-state index in [1.807, 2.05) is 0 Å². The highest BCUT2D eigenvalue weighted by Gasteiger charge is 2.17. The Morgan fingerprint density at radius 2 is 2.04 bits per heavy atom. The van der Waals surface area contributed by atoms with E-state index in [0.29, 0.717) is 40.9 Å². The zero-order valence-electron chi connectivity index (χ0n) is 14.9. The van der Waals surface area contributed by atoms with E-state index >= 15 is 0 Å². The standard InChI is InChI=1S/C19H17ClF2N4O2/c1-26-18(14(20)10-24-26)13-9-12(3-5-17(13)28-7-6-23)25-19(27)11-2-4-15(21)16(22)8-11/h2-5,8-10H,6-7,23H2,1H3,(H,25,27). The molecule has 2 aromatic carbocycles. The number of carbonyl (C=O) groups is 1. The van der Waals surface area contributed by atoms with Gasteiger partial charge >= 0.3 is 0 Å². The van der Waals surface area contributed by atoms with Crippen LogP contribution in [-0.4, -0.2) is 28.8 Å². The van der Waals surface area contributed by atoms with E-state index in [0.717, 1.165) is 12.1 Å². The van der Waals surface area contributed by atoms with Gasteiger partial charge in [0.15, 0.2) is 11.6 Å². The number of hydrogen-bond acceptors (Lipinski definition) is 4. The molecule has 1 heterocycles. The van der Waals surface area contributed by atoms with Crippen molar-refractivity contribution >= 4 is 23.2 Å². The molecular weight excluding hydrogens is 390 g/mol. The van der Waals surface area contributed by atoms with Gasteiger partial charge in [0.05, 0.1) is 16.9 Å². The molecule has 1 aromatic heterocycles. The molecule has 3 N–H and O–H groups in total. The van der Waals surface area contributed by atoms with Gasteiger partial charge in [-0.2, -0.15) is 5.10 Å². The summed E-state index contributed by atoms with van der Waals surface area (Å²) in [4.78, 5) is 12.4. The average Bonchev–Trinajstić information content (AvgIpc) is 3.01. The van der Waals surface area contributed by atoms with E-state index in [9.17, 15) is 13.6 Å². The summed E-state index contributed by atoms with van der Waals surface area (Å²) in [6.07, 6.45) is 1.50. The minimum absolute atomic E-state index is 0.0116. The number of hydrogen-bond donors (Lipinski definition) is 2. The number of anilines is 1. The van der Waals surface area contributed by atoms with Crippen LogP contribution < -0.4 is 15.8 Å². The van der Waals surface area contributed by atoms with Crippen molar-refractivity contribution in [1.82, 2.24) is 9.78 Å². The van der Waals surface area contributed by atoms with Crippen molar-refractivity contribution in [3.8, 4) is 17.0 Å². The van der Waals surface area contributed by atoms with Crippen LogP contribution in [0.2, 0.25) is 5.02 Å². The summed E-state index contributed by atoms with van der Waals surface area (Å²) in [7, 11) is 1.72. The Morgan fingerprint density at radius 1 is 1.25 bits per heavy atom. The fourth-order valence-electron chi connectivity index (χ4n) is 2.64. The maximum absolute atomic E-state index is 13.4. The maximum Gasteiger partial charge on any atom is 0.255 e. The second kappa shape index (κ2) is 8.37. The molecule has 9 heteroatoms. The zero-order valence-corrected chi connectivity index (χ0v) is 15.6. The fourth-order valence-corrected chi connectivity index (χ4v) is 2.91. The van der Waals surface area contributed by atoms with Crippen molar-refractivity contribution in [3.05, 3.63) is 64.8 Å². The molecule has 0 fully saturated rings. The summed E-state index contributed by atoms with van der Waals surface area (Å²) < 4.78 is 33.7. The third-order valence-electron chi connectivity index (χ3n) is 3.94. The first-order chi connectivity index (χ1) is 13.4. The summed E-state index contributed by atoms with van der Waals surface area (Å²) in [5.74, 6) is -2.19. The molecule has 1 amide bonds. The number of rotatable bonds is 6. The SMILES string of the molecule is Cn1ncc(Cl)c1-c1cc(NC(=O)c2ccc(F)c(F)c2)ccc1OCCN. The van der Waals surface area contributed by atoms with Crippen molar-refractivity contribution in [2.24, 2.45) is 12.8 Å². The Kier molecular flexibility index (Phi) is 5.91. The minimum atomic E-state index is -1.10. The van der Waals surface area contributed by atoms with Gasteiger partial charge in [-0.1, -0.05) is 11.6 Å². The molecule has 3 aromatic rings. The van der Waals surface area contributed by atoms with Crippen LogP contribution in [0.25, 0.3) is 11.3 Å². The molecule has 28 heavy (non-hydrogen) atoms. The second-order valence-corrected chi connectivity index (χ2v) is 6.30. The number of nitrogens with one attached hydrogen (secondary N) is 1. The van der Waals surface area contributed by atoms with Crippen molar-refractivity contribution < 1.29 is 18.3 Å². The Hall–Kier alpha value is -2.97. The van der Waals surface area contributed by atoms with Gasteiger partial charge in [0, 0.05) is 30.4 Å². The van der Waals surface area contributed by atoms with Gasteiger partial charge in [0.25, 0.3) is 5.91 Å². The first kappa shape index (κ1) is 19.8. The molecule has 0 spiro atoms. The highest BCUT2D eigenvalue weighted by Crippen LogP contribution is 2.36. The summed E-state index contributed by atoms with van der Waals surface area (Å²) >= 11 is 6.24. The number of nitrogens with zero attached hydrogens (tertiary/aromatic N) is 2. The van der Waals surface area contributed by atoms with Crippen LogP contribution in [0.15, 0.2) is 42.6 Å². The van der Waals surface area contributed by atoms with E-state index in [1.165, 1.54) is 12.3 Å². The monoisotopic (exact) mass is 406 g/mol. The summed E-state index contributed by atoms with van der Waals surface area (Å²) in [6.45, 7) is 0.621. The van der Waals surface area contributed by atoms with E-state index < -0.39 is 17.5 Å². The first-order valence-corrected chi connectivity index (χ1v) is 8.69. The molecule has 3 rings (SSSR count). The number of aryl methyl sites for hydroxylation is 1. The average molecular weight is 407 g/mol. The summed E-state index contributed by atoms with van der Waals surface area (Å²) in [5.41, 5.74) is 7.11.